The van der Waals surface area contributed by atoms with Gasteiger partial charge in [-0.05, 0) is 24.3 Å². The van der Waals surface area contributed by atoms with Crippen LogP contribution >= 0.6 is 22.9 Å². The molecule has 0 fully saturated rings. The molecule has 0 spiro atoms. The van der Waals surface area contributed by atoms with Gasteiger partial charge in [-0.2, -0.15) is 0 Å². The molecule has 0 radical (unpaired) electrons. The SMILES string of the molecule is COC(=O)c1cc(NCc2ccc([N+](=O)[O-])s2)ccc1Cl. The molecule has 0 bridgehead atoms. The zero-order valence-electron chi connectivity index (χ0n) is 11.0. The van der Waals surface area contributed by atoms with Gasteiger partial charge in [-0.15, -0.1) is 0 Å². The number of carbonyl (C=O) groups excluding carboxylic acids is 1. The van der Waals surface area contributed by atoms with Gasteiger partial charge in [0.15, 0.2) is 0 Å². The van der Waals surface area contributed by atoms with Crippen LogP contribution in [0, 0.1) is 10.1 Å². The Kier molecular flexibility index (Phi) is 4.77. The van der Waals surface area contributed by atoms with Crippen molar-refractivity contribution in [1.29, 1.82) is 0 Å². The largest absolute Gasteiger partial charge is 0.465 e. The Hall–Kier alpha value is -2.12. The van der Waals surface area contributed by atoms with Gasteiger partial charge in [-0.1, -0.05) is 22.9 Å². The number of hydrogen-bond acceptors (Lipinski definition) is 6. The number of methoxy groups -OCH3 is 1. The number of ether oxygens (including phenoxy) is 1. The number of thiophene rings is 1. The third-order valence-corrected chi connectivity index (χ3v) is 4.03. The van der Waals surface area contributed by atoms with E-state index < -0.39 is 10.9 Å². The summed E-state index contributed by atoms with van der Waals surface area (Å²) in [6.07, 6.45) is 0. The Morgan fingerprint density at radius 3 is 2.81 bits per heavy atom. The number of anilines is 1. The summed E-state index contributed by atoms with van der Waals surface area (Å²) in [6, 6.07) is 8.04. The summed E-state index contributed by atoms with van der Waals surface area (Å²) in [5.41, 5.74) is 0.942. The molecule has 1 N–H and O–H groups in total. The van der Waals surface area contributed by atoms with Crippen LogP contribution in [0.2, 0.25) is 5.02 Å². The van der Waals surface area contributed by atoms with Crippen molar-refractivity contribution in [3.63, 3.8) is 0 Å². The summed E-state index contributed by atoms with van der Waals surface area (Å²) in [7, 11) is 1.28. The lowest BCUT2D eigenvalue weighted by molar-refractivity contribution is -0.380. The maximum atomic E-state index is 11.5. The summed E-state index contributed by atoms with van der Waals surface area (Å²) in [5, 5.41) is 14.1. The minimum Gasteiger partial charge on any atom is -0.465 e. The number of nitro groups is 1. The second-order valence-corrected chi connectivity index (χ2v) is 5.59. The topological polar surface area (TPSA) is 81.5 Å². The Bertz CT molecular complexity index is 687. The van der Waals surface area contributed by atoms with Gasteiger partial charge in [-0.3, -0.25) is 10.1 Å². The number of benzene rings is 1. The van der Waals surface area contributed by atoms with Gasteiger partial charge in [0.2, 0.25) is 0 Å². The fraction of sp³-hybridized carbons (Fsp3) is 0.154. The lowest BCUT2D eigenvalue weighted by Crippen LogP contribution is -2.04. The minimum atomic E-state index is -0.518. The number of rotatable bonds is 5. The van der Waals surface area contributed by atoms with Crippen molar-refractivity contribution in [2.24, 2.45) is 0 Å². The fourth-order valence-corrected chi connectivity index (χ4v) is 2.60. The van der Waals surface area contributed by atoms with Crippen molar-refractivity contribution >= 4 is 39.6 Å². The molecule has 0 saturated carbocycles. The maximum absolute atomic E-state index is 11.5. The van der Waals surface area contributed by atoms with Crippen molar-refractivity contribution in [3.05, 3.63) is 55.9 Å². The van der Waals surface area contributed by atoms with E-state index in [1.165, 1.54) is 13.2 Å². The molecule has 1 aromatic carbocycles. The van der Waals surface area contributed by atoms with Crippen LogP contribution < -0.4 is 5.32 Å². The average molecular weight is 327 g/mol. The summed E-state index contributed by atoms with van der Waals surface area (Å²) in [6.45, 7) is 0.417. The predicted octanol–water partition coefficient (Wildman–Crippen LogP) is 3.71. The first kappa shape index (κ1) is 15.3. The monoisotopic (exact) mass is 326 g/mol. The average Bonchev–Trinajstić information content (AvgIpc) is 2.94. The molecular formula is C13H11ClN2O4S. The molecule has 2 aromatic rings. The van der Waals surface area contributed by atoms with Gasteiger partial charge >= 0.3 is 11.0 Å². The minimum absolute atomic E-state index is 0.0955. The van der Waals surface area contributed by atoms with Crippen molar-refractivity contribution in [3.8, 4) is 0 Å². The first-order valence-corrected chi connectivity index (χ1v) is 7.05. The van der Waals surface area contributed by atoms with Crippen molar-refractivity contribution in [1.82, 2.24) is 0 Å². The number of halogens is 1. The molecule has 1 aromatic heterocycles. The van der Waals surface area contributed by atoms with Crippen LogP contribution in [0.4, 0.5) is 10.7 Å². The Labute approximate surface area is 129 Å². The fourth-order valence-electron chi connectivity index (χ4n) is 1.65. The molecule has 8 heteroatoms. The third kappa shape index (κ3) is 3.71. The van der Waals surface area contributed by atoms with Crippen molar-refractivity contribution in [2.75, 3.05) is 12.4 Å². The lowest BCUT2D eigenvalue weighted by Gasteiger charge is -2.08. The summed E-state index contributed by atoms with van der Waals surface area (Å²) in [4.78, 5) is 22.5. The second-order valence-electron chi connectivity index (χ2n) is 4.04. The van der Waals surface area contributed by atoms with Crippen LogP contribution in [0.3, 0.4) is 0 Å². The van der Waals surface area contributed by atoms with E-state index in [2.05, 4.69) is 10.1 Å². The molecule has 0 saturated heterocycles. The van der Waals surface area contributed by atoms with Crippen LogP contribution in [0.25, 0.3) is 0 Å². The van der Waals surface area contributed by atoms with E-state index in [1.54, 1.807) is 24.3 Å². The zero-order chi connectivity index (χ0) is 15.4. The van der Waals surface area contributed by atoms with Gasteiger partial charge in [-0.25, -0.2) is 4.79 Å². The van der Waals surface area contributed by atoms with Crippen LogP contribution in [0.1, 0.15) is 15.2 Å². The molecule has 2 rings (SSSR count). The van der Waals surface area contributed by atoms with E-state index in [1.807, 2.05) is 0 Å². The molecule has 6 nitrogen and oxygen atoms in total. The first-order chi connectivity index (χ1) is 10.0. The molecule has 21 heavy (non-hydrogen) atoms. The molecule has 110 valence electrons. The Morgan fingerprint density at radius 1 is 1.43 bits per heavy atom. The second kappa shape index (κ2) is 6.55. The maximum Gasteiger partial charge on any atom is 0.339 e. The highest BCUT2D eigenvalue weighted by Crippen LogP contribution is 2.26. The van der Waals surface area contributed by atoms with Crippen LogP contribution in [-0.2, 0) is 11.3 Å². The van der Waals surface area contributed by atoms with Crippen molar-refractivity contribution in [2.45, 2.75) is 6.54 Å². The third-order valence-electron chi connectivity index (χ3n) is 2.67. The number of esters is 1. The Morgan fingerprint density at radius 2 is 2.19 bits per heavy atom. The summed E-state index contributed by atoms with van der Waals surface area (Å²) in [5.74, 6) is -0.518. The molecular weight excluding hydrogens is 316 g/mol. The normalized spacial score (nSPS) is 10.2. The molecule has 0 aliphatic carbocycles. The summed E-state index contributed by atoms with van der Waals surface area (Å²) >= 11 is 7.02. The van der Waals surface area contributed by atoms with Gasteiger partial charge in [0.05, 0.1) is 22.6 Å². The molecule has 0 amide bonds. The molecule has 0 atom stereocenters. The number of carbonyl (C=O) groups is 1. The smallest absolute Gasteiger partial charge is 0.339 e. The van der Waals surface area contributed by atoms with E-state index >= 15 is 0 Å². The van der Waals surface area contributed by atoms with Gasteiger partial charge < -0.3 is 10.1 Å². The van der Waals surface area contributed by atoms with Crippen LogP contribution in [0.5, 0.6) is 0 Å². The predicted molar refractivity (Wildman–Crippen MR) is 81.1 cm³/mol. The highest BCUT2D eigenvalue weighted by molar-refractivity contribution is 7.15. The van der Waals surface area contributed by atoms with E-state index in [4.69, 9.17) is 11.6 Å². The molecule has 0 unspecified atom stereocenters. The first-order valence-electron chi connectivity index (χ1n) is 5.86. The standard InChI is InChI=1S/C13H11ClN2O4S/c1-20-13(17)10-6-8(2-4-11(10)14)15-7-9-3-5-12(21-9)16(18)19/h2-6,15H,7H2,1H3. The van der Waals surface area contributed by atoms with E-state index in [-0.39, 0.29) is 10.6 Å². The lowest BCUT2D eigenvalue weighted by atomic mass is 10.2. The van der Waals surface area contributed by atoms with E-state index in [9.17, 15) is 14.9 Å². The quantitative estimate of drug-likeness (QED) is 0.514. The zero-order valence-corrected chi connectivity index (χ0v) is 12.5. The van der Waals surface area contributed by atoms with Crippen LogP contribution in [-0.4, -0.2) is 18.0 Å². The van der Waals surface area contributed by atoms with Gasteiger partial charge in [0.1, 0.15) is 0 Å². The highest BCUT2D eigenvalue weighted by Gasteiger charge is 2.12. The van der Waals surface area contributed by atoms with Crippen molar-refractivity contribution < 1.29 is 14.5 Å². The molecule has 0 aliphatic rings. The van der Waals surface area contributed by atoms with Gasteiger partial charge in [0.25, 0.3) is 0 Å². The highest BCUT2D eigenvalue weighted by atomic mass is 35.5. The summed E-state index contributed by atoms with van der Waals surface area (Å²) < 4.78 is 4.64. The van der Waals surface area contributed by atoms with E-state index in [0.717, 1.165) is 16.2 Å². The van der Waals surface area contributed by atoms with Crippen LogP contribution in [0.15, 0.2) is 30.3 Å². The number of nitrogens with zero attached hydrogens (tertiary/aromatic N) is 1. The van der Waals surface area contributed by atoms with Gasteiger partial charge in [0, 0.05) is 23.2 Å². The Balaban J connectivity index is 2.09. The number of nitrogens with one attached hydrogen (secondary N) is 1. The molecule has 0 aliphatic heterocycles. The van der Waals surface area contributed by atoms with E-state index in [0.29, 0.717) is 17.3 Å². The molecule has 1 heterocycles. The number of hydrogen-bond donors (Lipinski definition) is 1.